The number of hydrogen-bond acceptors (Lipinski definition) is 3. The molecule has 28 heavy (non-hydrogen) atoms. The number of nitrogens with zero attached hydrogens (tertiary/aromatic N) is 3. The SMILES string of the molecule is Cc1ccc(-n2ncc3c2NC(=O)C[C@]32C(=O)N(C)c3ccccc32)c(C)c1. The topological polar surface area (TPSA) is 67.2 Å². The lowest BCUT2D eigenvalue weighted by molar-refractivity contribution is -0.126. The molecule has 2 aromatic carbocycles. The minimum absolute atomic E-state index is 0.0821. The Morgan fingerprint density at radius 3 is 2.61 bits per heavy atom. The molecule has 0 unspecified atom stereocenters. The van der Waals surface area contributed by atoms with Crippen molar-refractivity contribution in [3.05, 3.63) is 70.9 Å². The molecule has 1 spiro atoms. The first-order valence-electron chi connectivity index (χ1n) is 9.27. The van der Waals surface area contributed by atoms with Gasteiger partial charge in [-0.15, -0.1) is 0 Å². The van der Waals surface area contributed by atoms with Crippen LogP contribution in [-0.4, -0.2) is 28.6 Å². The lowest BCUT2D eigenvalue weighted by Crippen LogP contribution is -2.45. The lowest BCUT2D eigenvalue weighted by atomic mass is 9.72. The minimum atomic E-state index is -1.03. The van der Waals surface area contributed by atoms with Crippen LogP contribution in [0.2, 0.25) is 0 Å². The van der Waals surface area contributed by atoms with Crippen LogP contribution in [0.15, 0.2) is 48.7 Å². The minimum Gasteiger partial charge on any atom is -0.314 e. The molecule has 140 valence electrons. The molecule has 0 fully saturated rings. The molecule has 0 aliphatic carbocycles. The standard InChI is InChI=1S/C22H20N4O2/c1-13-8-9-17(14(2)10-13)26-20-16(12-23-26)22(11-19(27)24-20)15-6-4-5-7-18(15)25(3)21(22)28/h4-10,12H,11H2,1-3H3,(H,24,27)/t22-/m1/s1. The van der Waals surface area contributed by atoms with Gasteiger partial charge in [0.25, 0.3) is 0 Å². The van der Waals surface area contributed by atoms with Crippen molar-refractivity contribution in [3.63, 3.8) is 0 Å². The van der Waals surface area contributed by atoms with Crippen LogP contribution in [0.3, 0.4) is 0 Å². The second-order valence-electron chi connectivity index (χ2n) is 7.62. The number of carbonyl (C=O) groups is 2. The summed E-state index contributed by atoms with van der Waals surface area (Å²) in [5.41, 5.74) is 4.51. The van der Waals surface area contributed by atoms with Gasteiger partial charge in [-0.25, -0.2) is 4.68 Å². The maximum Gasteiger partial charge on any atom is 0.242 e. The number of likely N-dealkylation sites (N-methyl/N-ethyl adjacent to an activating group) is 1. The Morgan fingerprint density at radius 2 is 1.82 bits per heavy atom. The second kappa shape index (κ2) is 5.55. The summed E-state index contributed by atoms with van der Waals surface area (Å²) < 4.78 is 1.73. The van der Waals surface area contributed by atoms with Crippen molar-refractivity contribution in [1.29, 1.82) is 0 Å². The first-order valence-corrected chi connectivity index (χ1v) is 9.27. The number of fused-ring (bicyclic) bond motifs is 4. The van der Waals surface area contributed by atoms with Crippen molar-refractivity contribution in [2.24, 2.45) is 0 Å². The number of aromatic nitrogens is 2. The fourth-order valence-electron chi connectivity index (χ4n) is 4.59. The van der Waals surface area contributed by atoms with Gasteiger partial charge in [-0.1, -0.05) is 35.9 Å². The predicted molar refractivity (Wildman–Crippen MR) is 107 cm³/mol. The van der Waals surface area contributed by atoms with Gasteiger partial charge >= 0.3 is 0 Å². The van der Waals surface area contributed by atoms with E-state index in [0.717, 1.165) is 33.6 Å². The van der Waals surface area contributed by atoms with E-state index in [0.29, 0.717) is 5.82 Å². The van der Waals surface area contributed by atoms with Crippen molar-refractivity contribution in [1.82, 2.24) is 9.78 Å². The van der Waals surface area contributed by atoms with E-state index in [1.165, 1.54) is 0 Å². The zero-order valence-corrected chi connectivity index (χ0v) is 16.0. The van der Waals surface area contributed by atoms with Crippen LogP contribution in [0, 0.1) is 13.8 Å². The van der Waals surface area contributed by atoms with E-state index in [2.05, 4.69) is 16.5 Å². The van der Waals surface area contributed by atoms with Gasteiger partial charge in [-0.05, 0) is 37.1 Å². The van der Waals surface area contributed by atoms with Crippen molar-refractivity contribution in [2.75, 3.05) is 17.3 Å². The zero-order valence-electron chi connectivity index (χ0n) is 16.0. The van der Waals surface area contributed by atoms with Gasteiger partial charge in [-0.2, -0.15) is 5.10 Å². The van der Waals surface area contributed by atoms with Crippen LogP contribution < -0.4 is 10.2 Å². The molecule has 1 aromatic heterocycles. The van der Waals surface area contributed by atoms with Gasteiger partial charge in [0.2, 0.25) is 11.8 Å². The van der Waals surface area contributed by atoms with Crippen LogP contribution in [0.4, 0.5) is 11.5 Å². The zero-order chi connectivity index (χ0) is 19.6. The molecule has 2 amide bonds. The van der Waals surface area contributed by atoms with Gasteiger partial charge in [0, 0.05) is 24.7 Å². The third-order valence-electron chi connectivity index (χ3n) is 5.89. The highest BCUT2D eigenvalue weighted by molar-refractivity contribution is 6.15. The Kier molecular flexibility index (Phi) is 3.32. The third-order valence-corrected chi connectivity index (χ3v) is 5.89. The maximum atomic E-state index is 13.4. The van der Waals surface area contributed by atoms with Crippen LogP contribution in [0.1, 0.15) is 28.7 Å². The number of para-hydroxylation sites is 1. The van der Waals surface area contributed by atoms with E-state index >= 15 is 0 Å². The average Bonchev–Trinajstić information content (AvgIpc) is 3.17. The highest BCUT2D eigenvalue weighted by atomic mass is 16.2. The lowest BCUT2D eigenvalue weighted by Gasteiger charge is -2.32. The monoisotopic (exact) mass is 372 g/mol. The van der Waals surface area contributed by atoms with Crippen LogP contribution in [0.5, 0.6) is 0 Å². The molecule has 2 aliphatic heterocycles. The Hall–Kier alpha value is -3.41. The summed E-state index contributed by atoms with van der Waals surface area (Å²) >= 11 is 0. The highest BCUT2D eigenvalue weighted by Crippen LogP contribution is 2.51. The summed E-state index contributed by atoms with van der Waals surface area (Å²) in [7, 11) is 1.76. The molecular weight excluding hydrogens is 352 g/mol. The highest BCUT2D eigenvalue weighted by Gasteiger charge is 2.56. The normalized spacial score (nSPS) is 20.3. The van der Waals surface area contributed by atoms with Gasteiger partial charge in [0.05, 0.1) is 11.9 Å². The Balaban J connectivity index is 1.78. The molecule has 6 nitrogen and oxygen atoms in total. The predicted octanol–water partition coefficient (Wildman–Crippen LogP) is 3.09. The van der Waals surface area contributed by atoms with Gasteiger partial charge < -0.3 is 10.2 Å². The number of anilines is 2. The maximum absolute atomic E-state index is 13.4. The number of aryl methyl sites for hydroxylation is 2. The van der Waals surface area contributed by atoms with Crippen LogP contribution in [-0.2, 0) is 15.0 Å². The summed E-state index contributed by atoms with van der Waals surface area (Å²) in [6, 6.07) is 13.8. The summed E-state index contributed by atoms with van der Waals surface area (Å²) in [5.74, 6) is 0.295. The average molecular weight is 372 g/mol. The van der Waals surface area contributed by atoms with E-state index in [1.54, 1.807) is 22.8 Å². The molecule has 2 aliphatic rings. The summed E-state index contributed by atoms with van der Waals surface area (Å²) in [5, 5.41) is 7.53. The van der Waals surface area contributed by atoms with E-state index in [1.807, 2.05) is 50.2 Å². The molecule has 0 radical (unpaired) electrons. The molecule has 6 heteroatoms. The van der Waals surface area contributed by atoms with E-state index in [-0.39, 0.29) is 18.2 Å². The number of hydrogen-bond donors (Lipinski definition) is 1. The molecule has 0 bridgehead atoms. The molecular formula is C22H20N4O2. The largest absolute Gasteiger partial charge is 0.314 e. The first kappa shape index (κ1) is 16.7. The van der Waals surface area contributed by atoms with Gasteiger partial charge in [0.15, 0.2) is 0 Å². The Bertz CT molecular complexity index is 1160. The number of benzene rings is 2. The quantitative estimate of drug-likeness (QED) is 0.714. The first-order chi connectivity index (χ1) is 13.4. The number of carbonyl (C=O) groups excluding carboxylic acids is 2. The summed E-state index contributed by atoms with van der Waals surface area (Å²) in [4.78, 5) is 27.8. The molecule has 0 saturated heterocycles. The fraction of sp³-hybridized carbons (Fsp3) is 0.227. The van der Waals surface area contributed by atoms with Crippen molar-refractivity contribution in [2.45, 2.75) is 25.7 Å². The second-order valence-corrected chi connectivity index (χ2v) is 7.62. The molecule has 5 rings (SSSR count). The molecule has 0 saturated carbocycles. The Labute approximate surface area is 162 Å². The van der Waals surface area contributed by atoms with Gasteiger partial charge in [-0.3, -0.25) is 9.59 Å². The van der Waals surface area contributed by atoms with Crippen LogP contribution in [0.25, 0.3) is 5.69 Å². The molecule has 3 aromatic rings. The smallest absolute Gasteiger partial charge is 0.242 e. The van der Waals surface area contributed by atoms with Crippen molar-refractivity contribution >= 4 is 23.3 Å². The van der Waals surface area contributed by atoms with E-state index in [9.17, 15) is 9.59 Å². The molecule has 3 heterocycles. The fourth-order valence-corrected chi connectivity index (χ4v) is 4.59. The van der Waals surface area contributed by atoms with Crippen molar-refractivity contribution in [3.8, 4) is 5.69 Å². The Morgan fingerprint density at radius 1 is 1.04 bits per heavy atom. The summed E-state index contributed by atoms with van der Waals surface area (Å²) in [6.07, 6.45) is 1.81. The van der Waals surface area contributed by atoms with E-state index in [4.69, 9.17) is 0 Å². The number of rotatable bonds is 1. The third kappa shape index (κ3) is 2.00. The van der Waals surface area contributed by atoms with Gasteiger partial charge in [0.1, 0.15) is 11.2 Å². The summed E-state index contributed by atoms with van der Waals surface area (Å²) in [6.45, 7) is 4.05. The van der Waals surface area contributed by atoms with E-state index < -0.39 is 5.41 Å². The number of nitrogens with one attached hydrogen (secondary N) is 1. The van der Waals surface area contributed by atoms with Crippen LogP contribution >= 0.6 is 0 Å². The molecule has 1 N–H and O–H groups in total. The molecule has 1 atom stereocenters. The van der Waals surface area contributed by atoms with Crippen molar-refractivity contribution < 1.29 is 9.59 Å². The number of amides is 2.